The van der Waals surface area contributed by atoms with Crippen molar-refractivity contribution in [2.24, 2.45) is 0 Å². The van der Waals surface area contributed by atoms with Crippen LogP contribution in [0.15, 0.2) is 54.6 Å². The lowest BCUT2D eigenvalue weighted by Gasteiger charge is -2.14. The summed E-state index contributed by atoms with van der Waals surface area (Å²) in [7, 11) is 0. The predicted molar refractivity (Wildman–Crippen MR) is 98.5 cm³/mol. The maximum Gasteiger partial charge on any atom is 0.326 e. The summed E-state index contributed by atoms with van der Waals surface area (Å²) < 4.78 is 5.01. The largest absolute Gasteiger partial charge is 0.451 e. The Labute approximate surface area is 156 Å². The summed E-state index contributed by atoms with van der Waals surface area (Å²) in [5, 5.41) is 13.8. The third-order valence-electron chi connectivity index (χ3n) is 3.60. The lowest BCUT2D eigenvalue weighted by molar-refractivity contribution is -0.152. The highest BCUT2D eigenvalue weighted by molar-refractivity contribution is 5.95. The van der Waals surface area contributed by atoms with E-state index in [1.807, 2.05) is 36.4 Å². The van der Waals surface area contributed by atoms with Crippen molar-refractivity contribution in [1.82, 2.24) is 5.32 Å². The number of hydrogen-bond acceptors (Lipinski definition) is 5. The van der Waals surface area contributed by atoms with Crippen LogP contribution in [0.3, 0.4) is 0 Å². The standard InChI is InChI=1S/C20H19N3O4/c1-14(20(26)23-17-9-7-16(12-21)8-10-17)27-19(25)13-22-18(24)11-15-5-3-2-4-6-15/h2-10,14H,11,13H2,1H3,(H,22,24)(H,23,26)/t14-/m0/s1. The zero-order chi connectivity index (χ0) is 19.6. The molecule has 0 saturated carbocycles. The van der Waals surface area contributed by atoms with Crippen molar-refractivity contribution in [2.75, 3.05) is 11.9 Å². The summed E-state index contributed by atoms with van der Waals surface area (Å²) in [5.41, 5.74) is 1.79. The molecule has 0 aromatic heterocycles. The quantitative estimate of drug-likeness (QED) is 0.727. The fourth-order valence-corrected chi connectivity index (χ4v) is 2.18. The molecule has 0 aliphatic rings. The minimum atomic E-state index is -1.03. The van der Waals surface area contributed by atoms with Gasteiger partial charge in [-0.25, -0.2) is 0 Å². The maximum atomic E-state index is 12.0. The van der Waals surface area contributed by atoms with E-state index in [2.05, 4.69) is 10.6 Å². The van der Waals surface area contributed by atoms with Crippen LogP contribution in [-0.4, -0.2) is 30.4 Å². The SMILES string of the molecule is C[C@H](OC(=O)CNC(=O)Cc1ccccc1)C(=O)Nc1ccc(C#N)cc1. The number of carbonyl (C=O) groups is 3. The Kier molecular flexibility index (Phi) is 7.08. The molecule has 0 aliphatic carbocycles. The van der Waals surface area contributed by atoms with Crippen molar-refractivity contribution < 1.29 is 19.1 Å². The van der Waals surface area contributed by atoms with Gasteiger partial charge in [0, 0.05) is 5.69 Å². The first kappa shape index (κ1) is 19.7. The van der Waals surface area contributed by atoms with Crippen LogP contribution >= 0.6 is 0 Å². The van der Waals surface area contributed by atoms with E-state index < -0.39 is 18.0 Å². The van der Waals surface area contributed by atoms with Gasteiger partial charge in [-0.05, 0) is 36.8 Å². The molecule has 27 heavy (non-hydrogen) atoms. The maximum absolute atomic E-state index is 12.0. The molecule has 2 N–H and O–H groups in total. The summed E-state index contributed by atoms with van der Waals surface area (Å²) >= 11 is 0. The monoisotopic (exact) mass is 365 g/mol. The van der Waals surface area contributed by atoms with Crippen molar-refractivity contribution in [3.05, 3.63) is 65.7 Å². The Morgan fingerprint density at radius 2 is 1.74 bits per heavy atom. The number of hydrogen-bond donors (Lipinski definition) is 2. The highest BCUT2D eigenvalue weighted by atomic mass is 16.5. The molecular weight excluding hydrogens is 346 g/mol. The van der Waals surface area contributed by atoms with Crippen molar-refractivity contribution in [1.29, 1.82) is 5.26 Å². The highest BCUT2D eigenvalue weighted by Gasteiger charge is 2.18. The predicted octanol–water partition coefficient (Wildman–Crippen LogP) is 1.79. The van der Waals surface area contributed by atoms with Crippen LogP contribution < -0.4 is 10.6 Å². The molecule has 0 fully saturated rings. The summed E-state index contributed by atoms with van der Waals surface area (Å²) in [4.78, 5) is 35.6. The minimum absolute atomic E-state index is 0.156. The van der Waals surface area contributed by atoms with Gasteiger partial charge in [0.2, 0.25) is 5.91 Å². The fraction of sp³-hybridized carbons (Fsp3) is 0.200. The van der Waals surface area contributed by atoms with Crippen molar-refractivity contribution in [3.63, 3.8) is 0 Å². The van der Waals surface area contributed by atoms with Gasteiger partial charge in [0.05, 0.1) is 18.1 Å². The summed E-state index contributed by atoms with van der Waals surface area (Å²) in [6, 6.07) is 17.4. The van der Waals surface area contributed by atoms with Crippen LogP contribution in [0.4, 0.5) is 5.69 Å². The smallest absolute Gasteiger partial charge is 0.326 e. The minimum Gasteiger partial charge on any atom is -0.451 e. The molecule has 0 aliphatic heterocycles. The third-order valence-corrected chi connectivity index (χ3v) is 3.60. The molecule has 0 radical (unpaired) electrons. The topological polar surface area (TPSA) is 108 Å². The first-order valence-corrected chi connectivity index (χ1v) is 8.29. The molecule has 7 nitrogen and oxygen atoms in total. The van der Waals surface area contributed by atoms with E-state index in [1.54, 1.807) is 24.3 Å². The Morgan fingerprint density at radius 1 is 1.07 bits per heavy atom. The molecule has 0 unspecified atom stereocenters. The van der Waals surface area contributed by atoms with Gasteiger partial charge >= 0.3 is 5.97 Å². The molecule has 2 amide bonds. The highest BCUT2D eigenvalue weighted by Crippen LogP contribution is 2.09. The number of anilines is 1. The van der Waals surface area contributed by atoms with E-state index in [0.717, 1.165) is 5.56 Å². The lowest BCUT2D eigenvalue weighted by atomic mass is 10.1. The van der Waals surface area contributed by atoms with Gasteiger partial charge in [-0.1, -0.05) is 30.3 Å². The fourth-order valence-electron chi connectivity index (χ4n) is 2.18. The first-order chi connectivity index (χ1) is 13.0. The average Bonchev–Trinajstić information content (AvgIpc) is 2.67. The Morgan fingerprint density at radius 3 is 2.37 bits per heavy atom. The molecule has 2 rings (SSSR count). The van der Waals surface area contributed by atoms with Crippen molar-refractivity contribution >= 4 is 23.5 Å². The number of benzene rings is 2. The van der Waals surface area contributed by atoms with E-state index in [1.165, 1.54) is 6.92 Å². The van der Waals surface area contributed by atoms with Crippen LogP contribution in [0.2, 0.25) is 0 Å². The molecule has 1 atom stereocenters. The van der Waals surface area contributed by atoms with Gasteiger partial charge in [0.25, 0.3) is 5.91 Å². The van der Waals surface area contributed by atoms with E-state index in [0.29, 0.717) is 11.3 Å². The van der Waals surface area contributed by atoms with Crippen molar-refractivity contribution in [3.8, 4) is 6.07 Å². The molecule has 0 heterocycles. The molecule has 2 aromatic rings. The van der Waals surface area contributed by atoms with Gasteiger partial charge in [-0.3, -0.25) is 14.4 Å². The Hall–Kier alpha value is -3.66. The molecule has 138 valence electrons. The number of nitrogens with zero attached hydrogens (tertiary/aromatic N) is 1. The normalized spacial score (nSPS) is 11.0. The van der Waals surface area contributed by atoms with Crippen LogP contribution in [0.1, 0.15) is 18.1 Å². The summed E-state index contributed by atoms with van der Waals surface area (Å²) in [6.07, 6.45) is -0.873. The van der Waals surface area contributed by atoms with E-state index in [-0.39, 0.29) is 18.9 Å². The number of ether oxygens (including phenoxy) is 1. The summed E-state index contributed by atoms with van der Waals surface area (Å²) in [6.45, 7) is 1.11. The van der Waals surface area contributed by atoms with Crippen LogP contribution in [-0.2, 0) is 25.5 Å². The number of nitriles is 1. The molecule has 0 spiro atoms. The molecular formula is C20H19N3O4. The molecule has 2 aromatic carbocycles. The van der Waals surface area contributed by atoms with E-state index in [9.17, 15) is 14.4 Å². The van der Waals surface area contributed by atoms with Crippen LogP contribution in [0.25, 0.3) is 0 Å². The zero-order valence-electron chi connectivity index (χ0n) is 14.8. The second kappa shape index (κ2) is 9.73. The first-order valence-electron chi connectivity index (χ1n) is 8.29. The van der Waals surface area contributed by atoms with Crippen LogP contribution in [0, 0.1) is 11.3 Å². The molecule has 0 saturated heterocycles. The number of carbonyl (C=O) groups excluding carboxylic acids is 3. The van der Waals surface area contributed by atoms with Gasteiger partial charge in [-0.15, -0.1) is 0 Å². The van der Waals surface area contributed by atoms with Gasteiger partial charge in [0.1, 0.15) is 6.54 Å². The average molecular weight is 365 g/mol. The second-order valence-corrected chi connectivity index (χ2v) is 5.75. The van der Waals surface area contributed by atoms with Gasteiger partial charge < -0.3 is 15.4 Å². The number of esters is 1. The third kappa shape index (κ3) is 6.63. The van der Waals surface area contributed by atoms with Gasteiger partial charge in [0.15, 0.2) is 6.10 Å². The second-order valence-electron chi connectivity index (χ2n) is 5.75. The Balaban J connectivity index is 1.74. The number of amides is 2. The molecule has 7 heteroatoms. The summed E-state index contributed by atoms with van der Waals surface area (Å²) in [5.74, 6) is -1.53. The number of rotatable bonds is 7. The lowest BCUT2D eigenvalue weighted by Crippen LogP contribution is -2.36. The number of nitrogens with one attached hydrogen (secondary N) is 2. The Bertz CT molecular complexity index is 842. The molecule has 0 bridgehead atoms. The van der Waals surface area contributed by atoms with Crippen molar-refractivity contribution in [2.45, 2.75) is 19.4 Å². The van der Waals surface area contributed by atoms with Gasteiger partial charge in [-0.2, -0.15) is 5.26 Å². The zero-order valence-corrected chi connectivity index (χ0v) is 14.8. The van der Waals surface area contributed by atoms with E-state index in [4.69, 9.17) is 10.00 Å². The van der Waals surface area contributed by atoms with E-state index >= 15 is 0 Å². The van der Waals surface area contributed by atoms with Crippen LogP contribution in [0.5, 0.6) is 0 Å².